The molecule has 110 valence electrons. The minimum atomic E-state index is -0.531. The lowest BCUT2D eigenvalue weighted by atomic mass is 10.0. The van der Waals surface area contributed by atoms with Crippen LogP contribution in [0.3, 0.4) is 0 Å². The van der Waals surface area contributed by atoms with Gasteiger partial charge in [0.15, 0.2) is 5.84 Å². The fourth-order valence-electron chi connectivity index (χ4n) is 2.51. The van der Waals surface area contributed by atoms with Crippen molar-refractivity contribution < 1.29 is 10.0 Å². The van der Waals surface area contributed by atoms with E-state index in [9.17, 15) is 4.79 Å². The van der Waals surface area contributed by atoms with Crippen LogP contribution in [0.15, 0.2) is 5.16 Å². The Hall–Kier alpha value is -1.30. The highest BCUT2D eigenvalue weighted by Crippen LogP contribution is 2.10. The fourth-order valence-corrected chi connectivity index (χ4v) is 2.51. The van der Waals surface area contributed by atoms with Gasteiger partial charge in [0.05, 0.1) is 5.92 Å². The number of carbonyl (C=O) groups is 1. The number of hydrogen-bond acceptors (Lipinski definition) is 4. The van der Waals surface area contributed by atoms with E-state index in [1.54, 1.807) is 0 Å². The lowest BCUT2D eigenvalue weighted by Crippen LogP contribution is -2.46. The molecular formula is C13H26N4O2. The molecule has 0 saturated carbocycles. The zero-order chi connectivity index (χ0) is 14.3. The fraction of sp³-hybridized carbons (Fsp3) is 0.846. The third-order valence-corrected chi connectivity index (χ3v) is 3.49. The van der Waals surface area contributed by atoms with Crippen molar-refractivity contribution in [1.29, 1.82) is 0 Å². The van der Waals surface area contributed by atoms with E-state index in [0.717, 1.165) is 26.1 Å². The molecule has 0 radical (unpaired) electrons. The molecule has 1 saturated heterocycles. The van der Waals surface area contributed by atoms with Gasteiger partial charge in [0, 0.05) is 12.6 Å². The van der Waals surface area contributed by atoms with Gasteiger partial charge in [-0.25, -0.2) is 0 Å². The van der Waals surface area contributed by atoms with E-state index in [4.69, 9.17) is 10.9 Å². The quantitative estimate of drug-likeness (QED) is 0.275. The van der Waals surface area contributed by atoms with E-state index >= 15 is 0 Å². The molecule has 0 aliphatic carbocycles. The van der Waals surface area contributed by atoms with Gasteiger partial charge in [-0.3, -0.25) is 4.79 Å². The number of amidine groups is 1. The maximum atomic E-state index is 12.1. The molecule has 2 atom stereocenters. The van der Waals surface area contributed by atoms with E-state index in [1.807, 2.05) is 13.8 Å². The van der Waals surface area contributed by atoms with Crippen molar-refractivity contribution in [2.45, 2.75) is 45.6 Å². The van der Waals surface area contributed by atoms with Crippen LogP contribution >= 0.6 is 0 Å². The van der Waals surface area contributed by atoms with Crippen molar-refractivity contribution >= 4 is 11.7 Å². The molecule has 1 heterocycles. The number of nitrogens with one attached hydrogen (secondary N) is 1. The van der Waals surface area contributed by atoms with Crippen LogP contribution in [0, 0.1) is 5.92 Å². The molecule has 0 aromatic rings. The second-order valence-corrected chi connectivity index (χ2v) is 5.28. The first-order valence-corrected chi connectivity index (χ1v) is 7.08. The topological polar surface area (TPSA) is 91.0 Å². The third kappa shape index (κ3) is 5.06. The summed E-state index contributed by atoms with van der Waals surface area (Å²) in [5.41, 5.74) is 5.57. The van der Waals surface area contributed by atoms with Gasteiger partial charge in [-0.2, -0.15) is 0 Å². The van der Waals surface area contributed by atoms with E-state index in [1.165, 1.54) is 12.8 Å². The number of oxime groups is 1. The molecule has 1 amide bonds. The number of rotatable bonds is 7. The van der Waals surface area contributed by atoms with Gasteiger partial charge < -0.3 is 21.2 Å². The lowest BCUT2D eigenvalue weighted by Gasteiger charge is -2.23. The summed E-state index contributed by atoms with van der Waals surface area (Å²) in [5, 5.41) is 14.6. The molecule has 0 bridgehead atoms. The van der Waals surface area contributed by atoms with Crippen molar-refractivity contribution in [3.8, 4) is 0 Å². The summed E-state index contributed by atoms with van der Waals surface area (Å²) < 4.78 is 0. The van der Waals surface area contributed by atoms with Gasteiger partial charge in [0.25, 0.3) is 0 Å². The number of carbonyl (C=O) groups excluding carboxylic acids is 1. The molecule has 4 N–H and O–H groups in total. The second kappa shape index (κ2) is 7.99. The van der Waals surface area contributed by atoms with Crippen LogP contribution in [0.5, 0.6) is 0 Å². The summed E-state index contributed by atoms with van der Waals surface area (Å²) >= 11 is 0. The van der Waals surface area contributed by atoms with E-state index < -0.39 is 5.92 Å². The van der Waals surface area contributed by atoms with E-state index in [0.29, 0.717) is 6.42 Å². The second-order valence-electron chi connectivity index (χ2n) is 5.28. The summed E-state index contributed by atoms with van der Waals surface area (Å²) in [6.45, 7) is 7.04. The molecule has 19 heavy (non-hydrogen) atoms. The van der Waals surface area contributed by atoms with Crippen molar-refractivity contribution in [2.75, 3.05) is 19.6 Å². The molecule has 1 rings (SSSR count). The predicted octanol–water partition coefficient (Wildman–Crippen LogP) is 0.750. The minimum Gasteiger partial charge on any atom is -0.409 e. The summed E-state index contributed by atoms with van der Waals surface area (Å²) in [6, 6.07) is 0.0800. The summed E-state index contributed by atoms with van der Waals surface area (Å²) in [5.74, 6) is -0.687. The average molecular weight is 270 g/mol. The molecule has 0 aromatic heterocycles. The molecule has 6 heteroatoms. The number of likely N-dealkylation sites (tertiary alicyclic amines) is 1. The van der Waals surface area contributed by atoms with Crippen LogP contribution in [0.25, 0.3) is 0 Å². The van der Waals surface area contributed by atoms with Crippen LogP contribution < -0.4 is 11.1 Å². The highest BCUT2D eigenvalue weighted by atomic mass is 16.4. The van der Waals surface area contributed by atoms with Gasteiger partial charge >= 0.3 is 0 Å². The van der Waals surface area contributed by atoms with Gasteiger partial charge in [-0.05, 0) is 39.3 Å². The molecule has 1 fully saturated rings. The third-order valence-electron chi connectivity index (χ3n) is 3.49. The van der Waals surface area contributed by atoms with E-state index in [-0.39, 0.29) is 17.8 Å². The number of nitrogens with zero attached hydrogens (tertiary/aromatic N) is 2. The Kier molecular flexibility index (Phi) is 6.62. The molecule has 1 aliphatic heterocycles. The van der Waals surface area contributed by atoms with Gasteiger partial charge in [0.1, 0.15) is 0 Å². The van der Waals surface area contributed by atoms with Gasteiger partial charge in [-0.15, -0.1) is 0 Å². The zero-order valence-corrected chi connectivity index (χ0v) is 11.9. The molecular weight excluding hydrogens is 244 g/mol. The number of amides is 1. The Labute approximate surface area is 115 Å². The standard InChI is InChI=1S/C13H26N4O2/c1-3-6-11(12(14)16-19)13(18)15-10(2)9-17-7-4-5-8-17/h10-11,19H,3-9H2,1-2H3,(H2,14,16)(H,15,18). The first kappa shape index (κ1) is 15.8. The largest absolute Gasteiger partial charge is 0.409 e. The summed E-state index contributed by atoms with van der Waals surface area (Å²) in [6.07, 6.45) is 3.89. The molecule has 1 aliphatic rings. The van der Waals surface area contributed by atoms with Crippen molar-refractivity contribution in [3.05, 3.63) is 0 Å². The minimum absolute atomic E-state index is 0.00674. The Morgan fingerprint density at radius 2 is 2.11 bits per heavy atom. The van der Waals surface area contributed by atoms with Crippen molar-refractivity contribution in [3.63, 3.8) is 0 Å². The van der Waals surface area contributed by atoms with E-state index in [2.05, 4.69) is 15.4 Å². The van der Waals surface area contributed by atoms with Crippen molar-refractivity contribution in [1.82, 2.24) is 10.2 Å². The molecule has 0 spiro atoms. The van der Waals surface area contributed by atoms with Gasteiger partial charge in [0.2, 0.25) is 5.91 Å². The Balaban J connectivity index is 2.45. The highest BCUT2D eigenvalue weighted by Gasteiger charge is 2.24. The zero-order valence-electron chi connectivity index (χ0n) is 11.9. The lowest BCUT2D eigenvalue weighted by molar-refractivity contribution is -0.124. The van der Waals surface area contributed by atoms with Crippen molar-refractivity contribution in [2.24, 2.45) is 16.8 Å². The van der Waals surface area contributed by atoms with Crippen LogP contribution in [-0.2, 0) is 4.79 Å². The Morgan fingerprint density at radius 1 is 1.47 bits per heavy atom. The SMILES string of the molecule is CCCC(C(=O)NC(C)CN1CCCC1)C(N)=NO. The maximum absolute atomic E-state index is 12.1. The smallest absolute Gasteiger partial charge is 0.231 e. The normalized spacial score (nSPS) is 20.2. The highest BCUT2D eigenvalue weighted by molar-refractivity contribution is 6.02. The van der Waals surface area contributed by atoms with Gasteiger partial charge in [-0.1, -0.05) is 18.5 Å². The Morgan fingerprint density at radius 3 is 2.63 bits per heavy atom. The monoisotopic (exact) mass is 270 g/mol. The van der Waals surface area contributed by atoms with Crippen LogP contribution in [0.4, 0.5) is 0 Å². The van der Waals surface area contributed by atoms with Crippen LogP contribution in [-0.4, -0.2) is 47.5 Å². The van der Waals surface area contributed by atoms with Crippen LogP contribution in [0.1, 0.15) is 39.5 Å². The maximum Gasteiger partial charge on any atom is 0.231 e. The molecule has 0 aromatic carbocycles. The average Bonchev–Trinajstić information content (AvgIpc) is 2.87. The first-order chi connectivity index (χ1) is 9.08. The molecule has 2 unspecified atom stereocenters. The summed E-state index contributed by atoms with van der Waals surface area (Å²) in [7, 11) is 0. The number of nitrogens with two attached hydrogens (primary N) is 1. The predicted molar refractivity (Wildman–Crippen MR) is 75.1 cm³/mol. The summed E-state index contributed by atoms with van der Waals surface area (Å²) in [4.78, 5) is 14.5. The number of hydrogen-bond donors (Lipinski definition) is 3. The van der Waals surface area contributed by atoms with Crippen LogP contribution in [0.2, 0.25) is 0 Å². The first-order valence-electron chi connectivity index (χ1n) is 7.08. The Bertz CT molecular complexity index is 314. The molecule has 6 nitrogen and oxygen atoms in total.